The molecule has 1 aromatic rings. The number of hydrogen-bond acceptors (Lipinski definition) is 6. The summed E-state index contributed by atoms with van der Waals surface area (Å²) >= 11 is 0. The lowest BCUT2D eigenvalue weighted by Gasteiger charge is -2.24. The van der Waals surface area contributed by atoms with E-state index in [1.807, 2.05) is 0 Å². The average molecular weight is 383 g/mol. The minimum atomic E-state index is -3.23. The number of nitrogens with one attached hydrogen (secondary N) is 2. The zero-order valence-corrected chi connectivity index (χ0v) is 14.8. The van der Waals surface area contributed by atoms with Crippen molar-refractivity contribution in [2.45, 2.75) is 24.9 Å². The van der Waals surface area contributed by atoms with E-state index in [-0.39, 0.29) is 36.4 Å². The van der Waals surface area contributed by atoms with Crippen molar-refractivity contribution in [3.05, 3.63) is 29.6 Å². The fraction of sp³-hybridized carbons (Fsp3) is 0.438. The number of cyclic esters (lactones) is 1. The third-order valence-corrected chi connectivity index (χ3v) is 6.33. The molecule has 0 radical (unpaired) electrons. The molecule has 0 unspecified atom stereocenters. The second kappa shape index (κ2) is 6.67. The Hall–Kier alpha value is -2.49. The summed E-state index contributed by atoms with van der Waals surface area (Å²) in [6.07, 6.45) is -1.55. The van der Waals surface area contributed by atoms with Crippen molar-refractivity contribution < 1.29 is 27.7 Å². The molecular formula is C16H18FN3O5S. The van der Waals surface area contributed by atoms with Gasteiger partial charge >= 0.3 is 6.09 Å². The van der Waals surface area contributed by atoms with Crippen LogP contribution in [0.3, 0.4) is 0 Å². The molecule has 2 amide bonds. The predicted molar refractivity (Wildman–Crippen MR) is 90.8 cm³/mol. The third-order valence-electron chi connectivity index (χ3n) is 4.62. The molecule has 2 heterocycles. The van der Waals surface area contributed by atoms with Crippen molar-refractivity contribution in [1.82, 2.24) is 5.32 Å². The molecule has 3 atom stereocenters. The quantitative estimate of drug-likeness (QED) is 0.817. The molecule has 0 aromatic heterocycles. The number of anilines is 1. The van der Waals surface area contributed by atoms with Gasteiger partial charge in [0.2, 0.25) is 5.12 Å². The van der Waals surface area contributed by atoms with Crippen LogP contribution in [0.1, 0.15) is 24.3 Å². The Kier molecular flexibility index (Phi) is 4.70. The maximum Gasteiger partial charge on any atom is 0.415 e. The molecule has 26 heavy (non-hydrogen) atoms. The molecule has 10 heteroatoms. The van der Waals surface area contributed by atoms with Gasteiger partial charge in [-0.05, 0) is 30.0 Å². The number of rotatable bonds is 3. The minimum absolute atomic E-state index is 0.0277. The van der Waals surface area contributed by atoms with Crippen LogP contribution in [0.4, 0.5) is 14.9 Å². The molecule has 3 rings (SSSR count). The number of hydrogen-bond donors (Lipinski definition) is 2. The molecule has 8 nitrogen and oxygen atoms in total. The summed E-state index contributed by atoms with van der Waals surface area (Å²) < 4.78 is 38.7. The highest BCUT2D eigenvalue weighted by atomic mass is 32.2. The van der Waals surface area contributed by atoms with E-state index in [1.165, 1.54) is 19.2 Å². The van der Waals surface area contributed by atoms with Gasteiger partial charge in [-0.2, -0.15) is 0 Å². The van der Waals surface area contributed by atoms with E-state index in [4.69, 9.17) is 9.52 Å². The third kappa shape index (κ3) is 3.28. The van der Waals surface area contributed by atoms with Crippen LogP contribution in [0.2, 0.25) is 0 Å². The number of ether oxygens (including phenoxy) is 1. The summed E-state index contributed by atoms with van der Waals surface area (Å²) in [6.45, 7) is -0.0277. The summed E-state index contributed by atoms with van der Waals surface area (Å²) in [7, 11) is -1.80. The van der Waals surface area contributed by atoms with Gasteiger partial charge in [0.15, 0.2) is 6.10 Å². The van der Waals surface area contributed by atoms with Gasteiger partial charge in [0, 0.05) is 19.2 Å². The first-order valence-electron chi connectivity index (χ1n) is 8.01. The van der Waals surface area contributed by atoms with Gasteiger partial charge in [0.05, 0.1) is 12.2 Å². The van der Waals surface area contributed by atoms with Gasteiger partial charge in [0.25, 0.3) is 5.91 Å². The van der Waals surface area contributed by atoms with Crippen LogP contribution < -0.4 is 10.2 Å². The summed E-state index contributed by atoms with van der Waals surface area (Å²) in [6, 6.07) is 4.14. The molecule has 0 saturated carbocycles. The molecular weight excluding hydrogens is 365 g/mol. The van der Waals surface area contributed by atoms with Crippen molar-refractivity contribution in [3.63, 3.8) is 0 Å². The van der Waals surface area contributed by atoms with E-state index >= 15 is 0 Å². The predicted octanol–water partition coefficient (Wildman–Crippen LogP) is 1.35. The molecule has 1 aromatic carbocycles. The molecule has 0 bridgehead atoms. The SMILES string of the molecule is CNC(=O)[C@H]1CN(c2ccc([C@@H]3CC[S@](=N)(=O)C(=O)C3)c(F)c2)C(=O)O1. The maximum atomic E-state index is 14.6. The van der Waals surface area contributed by atoms with Crippen molar-refractivity contribution in [2.75, 3.05) is 24.2 Å². The van der Waals surface area contributed by atoms with E-state index in [1.54, 1.807) is 0 Å². The number of benzene rings is 1. The van der Waals surface area contributed by atoms with Crippen LogP contribution in [-0.2, 0) is 24.1 Å². The van der Waals surface area contributed by atoms with Crippen molar-refractivity contribution in [1.29, 1.82) is 4.78 Å². The zero-order chi connectivity index (χ0) is 19.1. The van der Waals surface area contributed by atoms with Gasteiger partial charge in [-0.15, -0.1) is 0 Å². The Morgan fingerprint density at radius 1 is 1.42 bits per heavy atom. The number of likely N-dealkylation sites (N-methyl/N-ethyl adjacent to an activating group) is 1. The molecule has 2 fully saturated rings. The van der Waals surface area contributed by atoms with E-state index in [0.29, 0.717) is 0 Å². The average Bonchev–Trinajstić information content (AvgIpc) is 2.98. The highest BCUT2D eigenvalue weighted by Crippen LogP contribution is 2.34. The topological polar surface area (TPSA) is 117 Å². The molecule has 2 aliphatic rings. The Morgan fingerprint density at radius 2 is 2.15 bits per heavy atom. The standard InChI is InChI=1S/C16H18FN3O5S/c1-19-15(22)13-8-20(16(23)25-13)10-2-3-11(12(17)7-10)9-4-5-26(18,24)14(21)6-9/h2-3,7,9,13,18H,4-6,8H2,1H3,(H,19,22)/t9-,13-,26+/m1/s1. The normalized spacial score (nSPS) is 28.8. The van der Waals surface area contributed by atoms with Crippen molar-refractivity contribution in [2.24, 2.45) is 0 Å². The molecule has 2 aliphatic heterocycles. The Labute approximate surface area is 149 Å². The molecule has 2 saturated heterocycles. The first-order valence-corrected chi connectivity index (χ1v) is 9.74. The first-order chi connectivity index (χ1) is 12.2. The van der Waals surface area contributed by atoms with Crippen LogP contribution in [-0.4, -0.2) is 46.8 Å². The van der Waals surface area contributed by atoms with E-state index in [0.717, 1.165) is 11.0 Å². The highest BCUT2D eigenvalue weighted by Gasteiger charge is 2.37. The Morgan fingerprint density at radius 3 is 2.77 bits per heavy atom. The van der Waals surface area contributed by atoms with Crippen LogP contribution >= 0.6 is 0 Å². The minimum Gasteiger partial charge on any atom is -0.434 e. The monoisotopic (exact) mass is 383 g/mol. The lowest BCUT2D eigenvalue weighted by molar-refractivity contribution is -0.127. The van der Waals surface area contributed by atoms with Crippen LogP contribution in [0.5, 0.6) is 0 Å². The molecule has 0 aliphatic carbocycles. The van der Waals surface area contributed by atoms with Gasteiger partial charge in [-0.1, -0.05) is 6.07 Å². The molecule has 0 spiro atoms. The number of halogens is 1. The second-order valence-electron chi connectivity index (χ2n) is 6.24. The van der Waals surface area contributed by atoms with Crippen LogP contribution in [0.15, 0.2) is 18.2 Å². The fourth-order valence-corrected chi connectivity index (χ4v) is 4.43. The van der Waals surface area contributed by atoms with Crippen LogP contribution in [0, 0.1) is 10.6 Å². The van der Waals surface area contributed by atoms with Crippen molar-refractivity contribution >= 4 is 32.5 Å². The van der Waals surface area contributed by atoms with Crippen LogP contribution in [0.25, 0.3) is 0 Å². The number of nitrogens with zero attached hydrogens (tertiary/aromatic N) is 1. The van der Waals surface area contributed by atoms with Gasteiger partial charge in [0.1, 0.15) is 15.5 Å². The number of carbonyl (C=O) groups is 3. The molecule has 2 N–H and O–H groups in total. The summed E-state index contributed by atoms with van der Waals surface area (Å²) in [5.74, 6) is -1.57. The molecule has 140 valence electrons. The highest BCUT2D eigenvalue weighted by molar-refractivity contribution is 8.07. The lowest BCUT2D eigenvalue weighted by atomic mass is 9.92. The van der Waals surface area contributed by atoms with E-state index in [2.05, 4.69) is 5.32 Å². The van der Waals surface area contributed by atoms with E-state index < -0.39 is 44.7 Å². The fourth-order valence-electron chi connectivity index (χ4n) is 3.11. The van der Waals surface area contributed by atoms with Crippen molar-refractivity contribution in [3.8, 4) is 0 Å². The zero-order valence-electron chi connectivity index (χ0n) is 14.0. The van der Waals surface area contributed by atoms with E-state index in [9.17, 15) is 23.0 Å². The summed E-state index contributed by atoms with van der Waals surface area (Å²) in [4.78, 5) is 36.4. The lowest BCUT2D eigenvalue weighted by Crippen LogP contribution is -2.35. The largest absolute Gasteiger partial charge is 0.434 e. The summed E-state index contributed by atoms with van der Waals surface area (Å²) in [5.41, 5.74) is 0.529. The van der Waals surface area contributed by atoms with Gasteiger partial charge < -0.3 is 10.1 Å². The maximum absolute atomic E-state index is 14.6. The number of amides is 2. The summed E-state index contributed by atoms with van der Waals surface area (Å²) in [5, 5.41) is 1.73. The van der Waals surface area contributed by atoms with Gasteiger partial charge in [-0.3, -0.25) is 14.5 Å². The Balaban J connectivity index is 1.79. The Bertz CT molecular complexity index is 886. The number of carbonyl (C=O) groups excluding carboxylic acids is 3. The van der Waals surface area contributed by atoms with Gasteiger partial charge in [-0.25, -0.2) is 18.2 Å². The second-order valence-corrected chi connectivity index (χ2v) is 8.46. The first kappa shape index (κ1) is 18.3. The smallest absolute Gasteiger partial charge is 0.415 e.